The Kier molecular flexibility index (Phi) is 3.06. The van der Waals surface area contributed by atoms with Crippen LogP contribution in [0, 0.1) is 0 Å². The van der Waals surface area contributed by atoms with Crippen LogP contribution < -0.4 is 10.2 Å². The first kappa shape index (κ1) is 13.1. The van der Waals surface area contributed by atoms with E-state index in [2.05, 4.69) is 5.32 Å². The van der Waals surface area contributed by atoms with Crippen LogP contribution in [0.3, 0.4) is 0 Å². The largest absolute Gasteiger partial charge is 0.504 e. The molecule has 2 aromatic rings. The summed E-state index contributed by atoms with van der Waals surface area (Å²) in [4.78, 5) is 14.1. The number of nitrogens with one attached hydrogen (secondary N) is 1. The van der Waals surface area contributed by atoms with Crippen molar-refractivity contribution < 1.29 is 20.1 Å². The maximum Gasteiger partial charge on any atom is 0.258 e. The van der Waals surface area contributed by atoms with Crippen LogP contribution >= 0.6 is 0 Å². The van der Waals surface area contributed by atoms with Crippen molar-refractivity contribution in [2.75, 3.05) is 23.3 Å². The molecule has 0 saturated carbocycles. The van der Waals surface area contributed by atoms with Crippen molar-refractivity contribution in [1.82, 2.24) is 0 Å². The SMILES string of the molecule is O=C(c1cc(O)c(O)c(O)c1)N1CCNc2ccccc21. The third-order valence-electron chi connectivity index (χ3n) is 3.41. The highest BCUT2D eigenvalue weighted by Crippen LogP contribution is 2.37. The smallest absolute Gasteiger partial charge is 0.258 e. The van der Waals surface area contributed by atoms with E-state index in [1.54, 1.807) is 4.90 Å². The number of nitrogens with zero attached hydrogens (tertiary/aromatic N) is 1. The van der Waals surface area contributed by atoms with E-state index in [9.17, 15) is 20.1 Å². The Morgan fingerprint density at radius 1 is 1.10 bits per heavy atom. The first-order valence-corrected chi connectivity index (χ1v) is 6.47. The maximum absolute atomic E-state index is 12.6. The van der Waals surface area contributed by atoms with Gasteiger partial charge in [-0.2, -0.15) is 0 Å². The van der Waals surface area contributed by atoms with Crippen molar-refractivity contribution in [2.24, 2.45) is 0 Å². The molecule has 1 aliphatic rings. The maximum atomic E-state index is 12.6. The number of benzene rings is 2. The lowest BCUT2D eigenvalue weighted by Crippen LogP contribution is -2.38. The zero-order chi connectivity index (χ0) is 15.0. The summed E-state index contributed by atoms with van der Waals surface area (Å²) >= 11 is 0. The van der Waals surface area contributed by atoms with Crippen LogP contribution in [-0.4, -0.2) is 34.3 Å². The van der Waals surface area contributed by atoms with Gasteiger partial charge in [-0.15, -0.1) is 0 Å². The van der Waals surface area contributed by atoms with Gasteiger partial charge < -0.3 is 25.5 Å². The molecule has 1 amide bonds. The van der Waals surface area contributed by atoms with Crippen LogP contribution in [0.15, 0.2) is 36.4 Å². The number of aromatic hydroxyl groups is 3. The van der Waals surface area contributed by atoms with Crippen LogP contribution in [0.5, 0.6) is 17.2 Å². The van der Waals surface area contributed by atoms with Crippen molar-refractivity contribution in [3.05, 3.63) is 42.0 Å². The fourth-order valence-electron chi connectivity index (χ4n) is 2.38. The highest BCUT2D eigenvalue weighted by molar-refractivity contribution is 6.08. The van der Waals surface area contributed by atoms with Crippen LogP contribution in [0.4, 0.5) is 11.4 Å². The van der Waals surface area contributed by atoms with Gasteiger partial charge in [0.25, 0.3) is 5.91 Å². The summed E-state index contributed by atoms with van der Waals surface area (Å²) in [5, 5.41) is 31.6. The lowest BCUT2D eigenvalue weighted by atomic mass is 10.1. The number of phenolic OH excluding ortho intramolecular Hbond substituents is 3. The Morgan fingerprint density at radius 3 is 2.48 bits per heavy atom. The molecule has 4 N–H and O–H groups in total. The summed E-state index contributed by atoms with van der Waals surface area (Å²) in [6, 6.07) is 9.68. The normalized spacial score (nSPS) is 13.4. The molecule has 0 bridgehead atoms. The molecule has 6 heteroatoms. The number of rotatable bonds is 1. The molecular weight excluding hydrogens is 272 g/mol. The second kappa shape index (κ2) is 4.90. The summed E-state index contributed by atoms with van der Waals surface area (Å²) in [5.41, 5.74) is 1.70. The highest BCUT2D eigenvalue weighted by atomic mass is 16.3. The third-order valence-corrected chi connectivity index (χ3v) is 3.41. The second-order valence-corrected chi connectivity index (χ2v) is 4.76. The molecule has 2 aromatic carbocycles. The number of para-hydroxylation sites is 2. The number of fused-ring (bicyclic) bond motifs is 1. The first-order chi connectivity index (χ1) is 10.1. The average molecular weight is 286 g/mol. The van der Waals surface area contributed by atoms with E-state index in [0.29, 0.717) is 13.1 Å². The molecule has 0 radical (unpaired) electrons. The Balaban J connectivity index is 2.00. The van der Waals surface area contributed by atoms with E-state index in [1.165, 1.54) is 0 Å². The standard InChI is InChI=1S/C15H14N2O4/c18-12-7-9(8-13(19)14(12)20)15(21)17-6-5-16-10-3-1-2-4-11(10)17/h1-4,7-8,16,18-20H,5-6H2. The molecule has 1 aliphatic heterocycles. The van der Waals surface area contributed by atoms with Gasteiger partial charge in [0.15, 0.2) is 17.2 Å². The zero-order valence-electron chi connectivity index (χ0n) is 11.1. The summed E-state index contributed by atoms with van der Waals surface area (Å²) in [7, 11) is 0. The van der Waals surface area contributed by atoms with Crippen LogP contribution in [-0.2, 0) is 0 Å². The van der Waals surface area contributed by atoms with Crippen LogP contribution in [0.25, 0.3) is 0 Å². The minimum absolute atomic E-state index is 0.111. The fraction of sp³-hybridized carbons (Fsp3) is 0.133. The minimum Gasteiger partial charge on any atom is -0.504 e. The number of carbonyl (C=O) groups is 1. The van der Waals surface area contributed by atoms with Gasteiger partial charge in [0.2, 0.25) is 0 Å². The van der Waals surface area contributed by atoms with Gasteiger partial charge in [0.1, 0.15) is 0 Å². The third kappa shape index (κ3) is 2.20. The monoisotopic (exact) mass is 286 g/mol. The molecular formula is C15H14N2O4. The topological polar surface area (TPSA) is 93.0 Å². The number of phenols is 3. The van der Waals surface area contributed by atoms with Gasteiger partial charge in [-0.1, -0.05) is 12.1 Å². The van der Waals surface area contributed by atoms with E-state index >= 15 is 0 Å². The number of carbonyl (C=O) groups excluding carboxylic acids is 1. The molecule has 21 heavy (non-hydrogen) atoms. The Labute approximate surface area is 120 Å². The van der Waals surface area contributed by atoms with Gasteiger partial charge in [0.05, 0.1) is 11.4 Å². The average Bonchev–Trinajstić information content (AvgIpc) is 2.51. The van der Waals surface area contributed by atoms with Crippen LogP contribution in [0.2, 0.25) is 0 Å². The summed E-state index contributed by atoms with van der Waals surface area (Å²) in [5.74, 6) is -2.04. The molecule has 0 atom stereocenters. The van der Waals surface area contributed by atoms with Crippen molar-refractivity contribution in [1.29, 1.82) is 0 Å². The quantitative estimate of drug-likeness (QED) is 0.601. The molecule has 108 valence electrons. The van der Waals surface area contributed by atoms with E-state index in [-0.39, 0.29) is 11.5 Å². The lowest BCUT2D eigenvalue weighted by molar-refractivity contribution is 0.0986. The van der Waals surface area contributed by atoms with Crippen molar-refractivity contribution in [2.45, 2.75) is 0 Å². The molecule has 0 aromatic heterocycles. The van der Waals surface area contributed by atoms with Crippen molar-refractivity contribution in [3.63, 3.8) is 0 Å². The molecule has 0 unspecified atom stereocenters. The Bertz CT molecular complexity index is 692. The molecule has 0 spiro atoms. The van der Waals surface area contributed by atoms with E-state index in [0.717, 1.165) is 23.5 Å². The van der Waals surface area contributed by atoms with Gasteiger partial charge in [-0.3, -0.25) is 4.79 Å². The first-order valence-electron chi connectivity index (χ1n) is 6.47. The minimum atomic E-state index is -0.632. The van der Waals surface area contributed by atoms with Gasteiger partial charge in [0, 0.05) is 18.7 Å². The van der Waals surface area contributed by atoms with E-state index in [4.69, 9.17) is 0 Å². The summed E-state index contributed by atoms with van der Waals surface area (Å²) in [6.45, 7) is 1.08. The second-order valence-electron chi connectivity index (χ2n) is 4.76. The van der Waals surface area contributed by atoms with E-state index < -0.39 is 17.2 Å². The zero-order valence-corrected chi connectivity index (χ0v) is 11.1. The lowest BCUT2D eigenvalue weighted by Gasteiger charge is -2.30. The molecule has 6 nitrogen and oxygen atoms in total. The van der Waals surface area contributed by atoms with Gasteiger partial charge in [-0.25, -0.2) is 0 Å². The molecule has 0 fully saturated rings. The fourth-order valence-corrected chi connectivity index (χ4v) is 2.38. The predicted molar refractivity (Wildman–Crippen MR) is 78.0 cm³/mol. The van der Waals surface area contributed by atoms with Crippen molar-refractivity contribution in [3.8, 4) is 17.2 Å². The Hall–Kier alpha value is -2.89. The number of anilines is 2. The summed E-state index contributed by atoms with van der Waals surface area (Å²) < 4.78 is 0. The predicted octanol–water partition coefficient (Wildman–Crippen LogP) is 1.88. The van der Waals surface area contributed by atoms with Crippen LogP contribution in [0.1, 0.15) is 10.4 Å². The van der Waals surface area contributed by atoms with E-state index in [1.807, 2.05) is 24.3 Å². The number of hydrogen-bond acceptors (Lipinski definition) is 5. The highest BCUT2D eigenvalue weighted by Gasteiger charge is 2.24. The van der Waals surface area contributed by atoms with Gasteiger partial charge >= 0.3 is 0 Å². The molecule has 0 aliphatic carbocycles. The number of amides is 1. The van der Waals surface area contributed by atoms with Crippen molar-refractivity contribution >= 4 is 17.3 Å². The summed E-state index contributed by atoms with van der Waals surface area (Å²) in [6.07, 6.45) is 0. The van der Waals surface area contributed by atoms with Gasteiger partial charge in [-0.05, 0) is 24.3 Å². The molecule has 0 saturated heterocycles. The molecule has 1 heterocycles. The number of hydrogen-bond donors (Lipinski definition) is 4. The molecule has 3 rings (SSSR count). The Morgan fingerprint density at radius 2 is 1.76 bits per heavy atom.